The van der Waals surface area contributed by atoms with Crippen LogP contribution in [0.3, 0.4) is 0 Å². The van der Waals surface area contributed by atoms with Gasteiger partial charge in [-0.2, -0.15) is 9.78 Å². The molecule has 0 saturated heterocycles. The molecule has 0 aliphatic carbocycles. The Labute approximate surface area is 170 Å². The van der Waals surface area contributed by atoms with Gasteiger partial charge in [0.1, 0.15) is 12.4 Å². The van der Waals surface area contributed by atoms with Gasteiger partial charge in [-0.3, -0.25) is 4.79 Å². The quantitative estimate of drug-likeness (QED) is 0.497. The van der Waals surface area contributed by atoms with E-state index in [2.05, 4.69) is 20.6 Å². The molecular weight excluding hydrogens is 387 g/mol. The highest BCUT2D eigenvalue weighted by molar-refractivity contribution is 5.94. The maximum absolute atomic E-state index is 13.2. The van der Waals surface area contributed by atoms with Gasteiger partial charge in [0.25, 0.3) is 5.91 Å². The first-order chi connectivity index (χ1) is 14.6. The Kier molecular flexibility index (Phi) is 5.30. The number of rotatable bonds is 6. The Hall–Kier alpha value is -4.32. The van der Waals surface area contributed by atoms with E-state index < -0.39 is 0 Å². The highest BCUT2D eigenvalue weighted by Crippen LogP contribution is 2.19. The van der Waals surface area contributed by atoms with Gasteiger partial charge in [0.05, 0.1) is 18.2 Å². The van der Waals surface area contributed by atoms with Gasteiger partial charge in [0.2, 0.25) is 5.88 Å². The van der Waals surface area contributed by atoms with Crippen molar-refractivity contribution in [1.29, 1.82) is 5.26 Å². The monoisotopic (exact) mass is 402 g/mol. The smallest absolute Gasteiger partial charge is 0.251 e. The maximum Gasteiger partial charge on any atom is 0.251 e. The molecule has 0 bridgehead atoms. The lowest BCUT2D eigenvalue weighted by atomic mass is 10.1. The first-order valence-electron chi connectivity index (χ1n) is 9.03. The lowest BCUT2D eigenvalue weighted by Gasteiger charge is -2.08. The van der Waals surface area contributed by atoms with Gasteiger partial charge < -0.3 is 10.1 Å². The zero-order valence-corrected chi connectivity index (χ0v) is 15.6. The van der Waals surface area contributed by atoms with E-state index in [-0.39, 0.29) is 24.9 Å². The van der Waals surface area contributed by atoms with Gasteiger partial charge in [-0.25, -0.2) is 4.39 Å². The summed E-state index contributed by atoms with van der Waals surface area (Å²) in [4.78, 5) is 12.1. The molecule has 2 aromatic carbocycles. The number of benzene rings is 2. The number of carbonyl (C=O) groups is 1. The van der Waals surface area contributed by atoms with Gasteiger partial charge in [-0.15, -0.1) is 15.3 Å². The van der Waals surface area contributed by atoms with Crippen molar-refractivity contribution in [1.82, 2.24) is 25.1 Å². The van der Waals surface area contributed by atoms with Gasteiger partial charge in [0.15, 0.2) is 11.5 Å². The Bertz CT molecular complexity index is 1230. The van der Waals surface area contributed by atoms with Crippen molar-refractivity contribution in [3.8, 4) is 23.3 Å². The van der Waals surface area contributed by atoms with Crippen molar-refractivity contribution in [2.75, 3.05) is 13.2 Å². The Morgan fingerprint density at radius 3 is 2.57 bits per heavy atom. The summed E-state index contributed by atoms with van der Waals surface area (Å²) in [5.41, 5.74) is 2.14. The Balaban J connectivity index is 1.38. The second-order valence-corrected chi connectivity index (χ2v) is 6.27. The molecule has 4 rings (SSSR count). The van der Waals surface area contributed by atoms with Crippen LogP contribution in [-0.2, 0) is 0 Å². The third-order valence-electron chi connectivity index (χ3n) is 4.25. The van der Waals surface area contributed by atoms with Crippen LogP contribution in [0.25, 0.3) is 17.0 Å². The van der Waals surface area contributed by atoms with Gasteiger partial charge >= 0.3 is 0 Å². The van der Waals surface area contributed by atoms with Crippen LogP contribution in [0.5, 0.6) is 5.88 Å². The van der Waals surface area contributed by atoms with Crippen molar-refractivity contribution in [2.24, 2.45) is 0 Å². The number of hydrogen-bond acceptors (Lipinski definition) is 6. The topological polar surface area (TPSA) is 105 Å². The number of fused-ring (bicyclic) bond motifs is 1. The van der Waals surface area contributed by atoms with Gasteiger partial charge in [0, 0.05) is 17.2 Å². The summed E-state index contributed by atoms with van der Waals surface area (Å²) < 4.78 is 20.3. The van der Waals surface area contributed by atoms with Crippen molar-refractivity contribution in [3.63, 3.8) is 0 Å². The molecular formula is C21H15FN6O2. The fraction of sp³-hybridized carbons (Fsp3) is 0.0952. The SMILES string of the molecule is N#Cc1ccc(C(=O)NCCOc2ccc3nnc(-c4ccc(F)cc4)n3n2)cc1. The minimum Gasteiger partial charge on any atom is -0.475 e. The molecule has 1 amide bonds. The van der Waals surface area contributed by atoms with Crippen molar-refractivity contribution < 1.29 is 13.9 Å². The number of nitrogens with zero attached hydrogens (tertiary/aromatic N) is 5. The summed E-state index contributed by atoms with van der Waals surface area (Å²) in [6.07, 6.45) is 0. The second-order valence-electron chi connectivity index (χ2n) is 6.27. The lowest BCUT2D eigenvalue weighted by Crippen LogP contribution is -2.28. The van der Waals surface area contributed by atoms with E-state index >= 15 is 0 Å². The van der Waals surface area contributed by atoms with E-state index in [4.69, 9.17) is 10.00 Å². The first kappa shape index (κ1) is 19.0. The highest BCUT2D eigenvalue weighted by Gasteiger charge is 2.11. The molecule has 8 nitrogen and oxygen atoms in total. The molecule has 0 aliphatic heterocycles. The average molecular weight is 402 g/mol. The fourth-order valence-corrected chi connectivity index (χ4v) is 2.75. The zero-order chi connectivity index (χ0) is 20.9. The van der Waals surface area contributed by atoms with E-state index in [0.717, 1.165) is 0 Å². The van der Waals surface area contributed by atoms with Crippen molar-refractivity contribution >= 4 is 11.6 Å². The number of halogens is 1. The number of nitrogens with one attached hydrogen (secondary N) is 1. The molecule has 0 fully saturated rings. The van der Waals surface area contributed by atoms with Crippen LogP contribution in [0.2, 0.25) is 0 Å². The van der Waals surface area contributed by atoms with Crippen LogP contribution >= 0.6 is 0 Å². The summed E-state index contributed by atoms with van der Waals surface area (Å²) in [6, 6.07) is 17.6. The summed E-state index contributed by atoms with van der Waals surface area (Å²) in [6.45, 7) is 0.472. The molecule has 9 heteroatoms. The molecule has 1 N–H and O–H groups in total. The minimum absolute atomic E-state index is 0.203. The minimum atomic E-state index is -0.340. The molecule has 0 aliphatic rings. The molecule has 0 atom stereocenters. The number of nitriles is 1. The average Bonchev–Trinajstić information content (AvgIpc) is 3.20. The number of aromatic nitrogens is 4. The Morgan fingerprint density at radius 2 is 1.83 bits per heavy atom. The van der Waals surface area contributed by atoms with Crippen LogP contribution in [0.1, 0.15) is 15.9 Å². The lowest BCUT2D eigenvalue weighted by molar-refractivity contribution is 0.0946. The van der Waals surface area contributed by atoms with Crippen LogP contribution < -0.4 is 10.1 Å². The second kappa shape index (κ2) is 8.36. The first-order valence-corrected chi connectivity index (χ1v) is 9.03. The third-order valence-corrected chi connectivity index (χ3v) is 4.25. The van der Waals surface area contributed by atoms with Crippen LogP contribution in [-0.4, -0.2) is 38.9 Å². The maximum atomic E-state index is 13.2. The van der Waals surface area contributed by atoms with Crippen LogP contribution in [0.15, 0.2) is 60.7 Å². The molecule has 4 aromatic rings. The molecule has 148 valence electrons. The summed E-state index contributed by atoms with van der Waals surface area (Å²) in [7, 11) is 0. The number of hydrogen-bond donors (Lipinski definition) is 1. The molecule has 0 spiro atoms. The van der Waals surface area contributed by atoms with Crippen molar-refractivity contribution in [2.45, 2.75) is 0 Å². The van der Waals surface area contributed by atoms with E-state index in [0.29, 0.717) is 34.0 Å². The normalized spacial score (nSPS) is 10.5. The van der Waals surface area contributed by atoms with Gasteiger partial charge in [-0.05, 0) is 54.6 Å². The highest BCUT2D eigenvalue weighted by atomic mass is 19.1. The van der Waals surface area contributed by atoms with Crippen molar-refractivity contribution in [3.05, 3.63) is 77.6 Å². The fourth-order valence-electron chi connectivity index (χ4n) is 2.75. The molecule has 0 saturated carbocycles. The van der Waals surface area contributed by atoms with E-state index in [9.17, 15) is 9.18 Å². The van der Waals surface area contributed by atoms with Gasteiger partial charge in [-0.1, -0.05) is 0 Å². The summed E-state index contributed by atoms with van der Waals surface area (Å²) >= 11 is 0. The number of amides is 1. The predicted molar refractivity (Wildman–Crippen MR) is 105 cm³/mol. The molecule has 2 aromatic heterocycles. The number of carbonyl (C=O) groups excluding carboxylic acids is 1. The molecule has 30 heavy (non-hydrogen) atoms. The summed E-state index contributed by atoms with van der Waals surface area (Å²) in [5.74, 6) is 0.194. The summed E-state index contributed by atoms with van der Waals surface area (Å²) in [5, 5.41) is 24.0. The molecule has 0 radical (unpaired) electrons. The largest absolute Gasteiger partial charge is 0.475 e. The zero-order valence-electron chi connectivity index (χ0n) is 15.6. The standard InChI is InChI=1S/C21H15FN6O2/c22-17-7-5-15(6-8-17)20-26-25-18-9-10-19(27-28(18)20)30-12-11-24-21(29)16-3-1-14(13-23)2-4-16/h1-10H,11-12H2,(H,24,29). The van der Waals surface area contributed by atoms with E-state index in [1.807, 2.05) is 6.07 Å². The van der Waals surface area contributed by atoms with E-state index in [1.165, 1.54) is 16.6 Å². The Morgan fingerprint density at radius 1 is 1.07 bits per heavy atom. The molecule has 0 unspecified atom stereocenters. The number of ether oxygens (including phenoxy) is 1. The third kappa shape index (κ3) is 4.07. The predicted octanol–water partition coefficient (Wildman–Crippen LogP) is 2.61. The van der Waals surface area contributed by atoms with Crippen LogP contribution in [0.4, 0.5) is 4.39 Å². The molecule has 2 heterocycles. The van der Waals surface area contributed by atoms with E-state index in [1.54, 1.807) is 48.5 Å². The van der Waals surface area contributed by atoms with Crippen LogP contribution in [0, 0.1) is 17.1 Å².